The monoisotopic (exact) mass is 788 g/mol. The van der Waals surface area contributed by atoms with Gasteiger partial charge in [-0.2, -0.15) is 0 Å². The summed E-state index contributed by atoms with van der Waals surface area (Å²) in [6.07, 6.45) is 3.79. The first-order chi connectivity index (χ1) is 28.0. The number of ether oxygens (including phenoxy) is 6. The Morgan fingerprint density at radius 1 is 0.579 bits per heavy atom. The average Bonchev–Trinajstić information content (AvgIpc) is 3.93. The smallest absolute Gasteiger partial charge is 0.171 e. The Bertz CT molecular complexity index is 2240. The molecule has 10 nitrogen and oxygen atoms in total. The number of hydrogen-bond acceptors (Lipinski definition) is 10. The number of piperidine rings is 2. The minimum Gasteiger partial charge on any atom is -0.497 e. The number of benzene rings is 4. The van der Waals surface area contributed by atoms with E-state index in [1.165, 1.54) is 11.1 Å². The van der Waals surface area contributed by atoms with Crippen LogP contribution in [0.2, 0.25) is 5.02 Å². The zero-order valence-corrected chi connectivity index (χ0v) is 33.3. The lowest BCUT2D eigenvalue weighted by atomic mass is 10.0. The summed E-state index contributed by atoms with van der Waals surface area (Å²) in [4.78, 5) is 12.0. The lowest BCUT2D eigenvalue weighted by molar-refractivity contribution is -0.172. The number of para-hydroxylation sites is 2. The van der Waals surface area contributed by atoms with Crippen LogP contribution >= 0.6 is 11.6 Å². The van der Waals surface area contributed by atoms with Gasteiger partial charge in [0.15, 0.2) is 11.6 Å². The maximum Gasteiger partial charge on any atom is 0.171 e. The summed E-state index contributed by atoms with van der Waals surface area (Å²) in [6.45, 7) is 6.85. The van der Waals surface area contributed by atoms with Crippen molar-refractivity contribution in [2.75, 3.05) is 71.7 Å². The van der Waals surface area contributed by atoms with Crippen molar-refractivity contribution in [3.05, 3.63) is 114 Å². The second kappa shape index (κ2) is 17.8. The van der Waals surface area contributed by atoms with Gasteiger partial charge in [-0.15, -0.1) is 0 Å². The van der Waals surface area contributed by atoms with Gasteiger partial charge in [-0.25, -0.2) is 9.97 Å². The highest BCUT2D eigenvalue weighted by molar-refractivity contribution is 6.35. The molecule has 0 amide bonds. The van der Waals surface area contributed by atoms with E-state index >= 15 is 0 Å². The zero-order valence-electron chi connectivity index (χ0n) is 32.5. The van der Waals surface area contributed by atoms with Crippen LogP contribution in [-0.2, 0) is 18.9 Å². The van der Waals surface area contributed by atoms with E-state index in [9.17, 15) is 0 Å². The van der Waals surface area contributed by atoms with Gasteiger partial charge in [0.05, 0.1) is 68.1 Å². The van der Waals surface area contributed by atoms with Gasteiger partial charge < -0.3 is 38.6 Å². The molecule has 2 spiro atoms. The van der Waals surface area contributed by atoms with Crippen LogP contribution in [0.25, 0.3) is 44.3 Å². The van der Waals surface area contributed by atoms with Crippen LogP contribution in [0, 0.1) is 0 Å². The Balaban J connectivity index is 0.000000134. The molecule has 2 aromatic heterocycles. The summed E-state index contributed by atoms with van der Waals surface area (Å²) in [5, 5.41) is 6.15. The van der Waals surface area contributed by atoms with E-state index in [0.717, 1.165) is 121 Å². The molecule has 1 N–H and O–H groups in total. The van der Waals surface area contributed by atoms with E-state index in [4.69, 9.17) is 45.0 Å². The SMILES string of the molecule is C1CC2(CCN1)OCCO2.COc1ccc(-c2cc(Cl)c3ccccc3n2)cc1.COc1ccc(-c2cc(N3CCC4(CC3)OCCO4)c3ccccc3n2)cc1. The number of halogens is 1. The minimum atomic E-state index is -0.363. The zero-order chi connectivity index (χ0) is 39.1. The van der Waals surface area contributed by atoms with E-state index in [-0.39, 0.29) is 11.6 Å². The molecule has 0 bridgehead atoms. The Hall–Kier alpha value is -4.81. The van der Waals surface area contributed by atoms with Crippen molar-refractivity contribution < 1.29 is 28.4 Å². The van der Waals surface area contributed by atoms with Crippen LogP contribution in [-0.4, -0.2) is 88.4 Å². The van der Waals surface area contributed by atoms with E-state index in [1.807, 2.05) is 72.8 Å². The lowest BCUT2D eigenvalue weighted by Gasteiger charge is -2.39. The topological polar surface area (TPSA) is 96.4 Å². The molecule has 6 heterocycles. The number of nitrogens with zero attached hydrogens (tertiary/aromatic N) is 3. The normalized spacial score (nSPS) is 18.2. The summed E-state index contributed by atoms with van der Waals surface area (Å²) in [5.41, 5.74) is 7.10. The molecule has 57 heavy (non-hydrogen) atoms. The number of hydrogen-bond donors (Lipinski definition) is 1. The largest absolute Gasteiger partial charge is 0.497 e. The van der Waals surface area contributed by atoms with Gasteiger partial charge in [0.1, 0.15) is 11.5 Å². The molecule has 0 atom stereocenters. The van der Waals surface area contributed by atoms with Gasteiger partial charge in [-0.1, -0.05) is 48.0 Å². The molecule has 0 unspecified atom stereocenters. The van der Waals surface area contributed by atoms with Crippen molar-refractivity contribution in [1.29, 1.82) is 0 Å². The highest BCUT2D eigenvalue weighted by Gasteiger charge is 2.40. The highest BCUT2D eigenvalue weighted by atomic mass is 35.5. The van der Waals surface area contributed by atoms with Crippen molar-refractivity contribution >= 4 is 39.1 Å². The predicted octanol–water partition coefficient (Wildman–Crippen LogP) is 8.93. The Morgan fingerprint density at radius 3 is 1.56 bits per heavy atom. The first kappa shape index (κ1) is 39.0. The van der Waals surface area contributed by atoms with Crippen LogP contribution in [0.4, 0.5) is 5.69 Å². The molecule has 6 aromatic rings. The van der Waals surface area contributed by atoms with E-state index in [1.54, 1.807) is 14.2 Å². The third-order valence-corrected chi connectivity index (χ3v) is 11.3. The molecule has 4 saturated heterocycles. The first-order valence-electron chi connectivity index (χ1n) is 19.7. The van der Waals surface area contributed by atoms with Crippen molar-refractivity contribution in [3.63, 3.8) is 0 Å². The van der Waals surface area contributed by atoms with Crippen molar-refractivity contribution in [2.45, 2.75) is 37.3 Å². The molecule has 4 aliphatic heterocycles. The summed E-state index contributed by atoms with van der Waals surface area (Å²) in [7, 11) is 3.34. The highest BCUT2D eigenvalue weighted by Crippen LogP contribution is 2.37. The lowest BCUT2D eigenvalue weighted by Crippen LogP contribution is -2.45. The van der Waals surface area contributed by atoms with E-state index < -0.39 is 0 Å². The molecule has 0 radical (unpaired) electrons. The molecule has 11 heteroatoms. The Kier molecular flexibility index (Phi) is 12.2. The molecule has 4 fully saturated rings. The number of aromatic nitrogens is 2. The fourth-order valence-corrected chi connectivity index (χ4v) is 8.10. The van der Waals surface area contributed by atoms with Crippen molar-refractivity contribution in [2.24, 2.45) is 0 Å². The maximum absolute atomic E-state index is 6.31. The summed E-state index contributed by atoms with van der Waals surface area (Å²) in [5.74, 6) is 1.13. The number of anilines is 1. The Morgan fingerprint density at radius 2 is 1.04 bits per heavy atom. The number of fused-ring (bicyclic) bond motifs is 2. The van der Waals surface area contributed by atoms with Gasteiger partial charge in [0.25, 0.3) is 0 Å². The molecule has 0 saturated carbocycles. The van der Waals surface area contributed by atoms with Crippen molar-refractivity contribution in [1.82, 2.24) is 15.3 Å². The van der Waals surface area contributed by atoms with E-state index in [0.29, 0.717) is 13.2 Å². The molecular weight excluding hydrogens is 740 g/mol. The standard InChI is InChI=1S/C23H24N2O3.C16H12ClNO.C7H13NO2/c1-26-18-8-6-17(7-9-18)21-16-22(19-4-2-3-5-20(19)24-21)25-12-10-23(11-13-25)27-14-15-28-23;1-19-12-8-6-11(7-9-12)16-10-14(17)13-4-2-3-5-15(13)18-16;1-3-8-4-2-7(1)9-5-6-10-7/h2-9,16H,10-15H2,1H3;2-10H,1H3;8H,1-6H2. The first-order valence-corrected chi connectivity index (χ1v) is 20.1. The number of rotatable bonds is 5. The maximum atomic E-state index is 6.31. The Labute approximate surface area is 339 Å². The van der Waals surface area contributed by atoms with E-state index in [2.05, 4.69) is 51.6 Å². The second-order valence-electron chi connectivity index (χ2n) is 14.5. The molecule has 0 aliphatic carbocycles. The molecular formula is C46H49ClN4O6. The summed E-state index contributed by atoms with van der Waals surface area (Å²) >= 11 is 6.31. The molecule has 296 valence electrons. The average molecular weight is 789 g/mol. The third kappa shape index (κ3) is 9.02. The van der Waals surface area contributed by atoms with Gasteiger partial charge in [-0.05, 0) is 72.8 Å². The quantitative estimate of drug-likeness (QED) is 0.183. The van der Waals surface area contributed by atoms with Crippen molar-refractivity contribution in [3.8, 4) is 34.0 Å². The molecule has 4 aromatic carbocycles. The van der Waals surface area contributed by atoms with Gasteiger partial charge >= 0.3 is 0 Å². The molecule has 10 rings (SSSR count). The minimum absolute atomic E-state index is 0.189. The second-order valence-corrected chi connectivity index (χ2v) is 14.9. The summed E-state index contributed by atoms with van der Waals surface area (Å²) < 4.78 is 33.3. The number of methoxy groups -OCH3 is 2. The fourth-order valence-electron chi connectivity index (χ4n) is 7.84. The van der Waals surface area contributed by atoms with Gasteiger partial charge in [0, 0.05) is 79.4 Å². The number of nitrogens with one attached hydrogen (secondary N) is 1. The van der Waals surface area contributed by atoms with Crippen LogP contribution in [0.15, 0.2) is 109 Å². The number of pyridine rings is 2. The van der Waals surface area contributed by atoms with Gasteiger partial charge in [-0.3, -0.25) is 0 Å². The van der Waals surface area contributed by atoms with Gasteiger partial charge in [0.2, 0.25) is 0 Å². The predicted molar refractivity (Wildman–Crippen MR) is 225 cm³/mol. The van der Waals surface area contributed by atoms with Crippen LogP contribution in [0.3, 0.4) is 0 Å². The van der Waals surface area contributed by atoms with Crippen LogP contribution in [0.5, 0.6) is 11.5 Å². The fraction of sp³-hybridized carbons (Fsp3) is 0.348. The third-order valence-electron chi connectivity index (χ3n) is 11.0. The van der Waals surface area contributed by atoms with Crippen LogP contribution in [0.1, 0.15) is 25.7 Å². The van der Waals surface area contributed by atoms with Crippen LogP contribution < -0.4 is 19.7 Å². The molecule has 4 aliphatic rings. The summed E-state index contributed by atoms with van der Waals surface area (Å²) in [6, 6.07) is 36.2.